The molecule has 1 aliphatic rings. The van der Waals surface area contributed by atoms with Gasteiger partial charge in [-0.05, 0) is 43.5 Å². The van der Waals surface area contributed by atoms with Crippen LogP contribution in [0.2, 0.25) is 5.02 Å². The minimum Gasteiger partial charge on any atom is -0.314 e. The van der Waals surface area contributed by atoms with E-state index >= 15 is 0 Å². The average Bonchev–Trinajstić information content (AvgIpc) is 2.66. The van der Waals surface area contributed by atoms with E-state index in [1.54, 1.807) is 0 Å². The third-order valence-electron chi connectivity index (χ3n) is 2.69. The van der Waals surface area contributed by atoms with E-state index in [1.165, 1.54) is 12.1 Å². The Bertz CT molecular complexity index is 339. The van der Waals surface area contributed by atoms with Crippen molar-refractivity contribution >= 4 is 11.6 Å². The first kappa shape index (κ1) is 10.8. The minimum atomic E-state index is -0.959. The number of hydrogen-bond acceptors (Lipinski definition) is 1. The lowest BCUT2D eigenvalue weighted by Gasteiger charge is -2.10. The van der Waals surface area contributed by atoms with Crippen LogP contribution in [0, 0.1) is 11.6 Å². The van der Waals surface area contributed by atoms with Gasteiger partial charge in [0.05, 0.1) is 5.02 Å². The predicted molar refractivity (Wildman–Crippen MR) is 56.1 cm³/mol. The van der Waals surface area contributed by atoms with Crippen LogP contribution < -0.4 is 5.32 Å². The monoisotopic (exact) mass is 231 g/mol. The van der Waals surface area contributed by atoms with Crippen LogP contribution in [0.5, 0.6) is 0 Å². The summed E-state index contributed by atoms with van der Waals surface area (Å²) in [6, 6.07) is 3.09. The maximum Gasteiger partial charge on any atom is 0.177 e. The Morgan fingerprint density at radius 3 is 2.80 bits per heavy atom. The molecule has 0 spiro atoms. The van der Waals surface area contributed by atoms with Crippen molar-refractivity contribution in [2.75, 3.05) is 6.54 Å². The highest BCUT2D eigenvalue weighted by atomic mass is 35.5. The fraction of sp³-hybridized carbons (Fsp3) is 0.455. The maximum absolute atomic E-state index is 13.0. The minimum absolute atomic E-state index is 0.136. The van der Waals surface area contributed by atoms with Crippen LogP contribution in [0.1, 0.15) is 18.4 Å². The summed E-state index contributed by atoms with van der Waals surface area (Å²) < 4.78 is 25.9. The van der Waals surface area contributed by atoms with Crippen molar-refractivity contribution in [1.29, 1.82) is 0 Å². The summed E-state index contributed by atoms with van der Waals surface area (Å²) in [7, 11) is 0. The molecule has 1 fully saturated rings. The summed E-state index contributed by atoms with van der Waals surface area (Å²) in [6.07, 6.45) is 2.93. The molecule has 0 aliphatic carbocycles. The molecular formula is C11H12ClF2N. The number of hydrogen-bond donors (Lipinski definition) is 1. The van der Waals surface area contributed by atoms with Crippen molar-refractivity contribution in [3.05, 3.63) is 34.4 Å². The molecule has 1 unspecified atom stereocenters. The van der Waals surface area contributed by atoms with Gasteiger partial charge in [-0.3, -0.25) is 0 Å². The number of rotatable bonds is 2. The zero-order chi connectivity index (χ0) is 10.8. The fourth-order valence-corrected chi connectivity index (χ4v) is 2.17. The molecule has 1 aliphatic heterocycles. The molecule has 0 saturated carbocycles. The molecule has 1 aromatic rings. The second kappa shape index (κ2) is 4.45. The van der Waals surface area contributed by atoms with Crippen molar-refractivity contribution in [1.82, 2.24) is 5.32 Å². The zero-order valence-electron chi connectivity index (χ0n) is 8.19. The fourth-order valence-electron chi connectivity index (χ4n) is 1.94. The van der Waals surface area contributed by atoms with Crippen molar-refractivity contribution in [2.45, 2.75) is 25.3 Å². The molecule has 1 heterocycles. The molecule has 1 saturated heterocycles. The molecule has 1 aromatic carbocycles. The summed E-state index contributed by atoms with van der Waals surface area (Å²) >= 11 is 5.57. The van der Waals surface area contributed by atoms with E-state index < -0.39 is 11.6 Å². The highest BCUT2D eigenvalue weighted by molar-refractivity contribution is 6.30. The molecule has 0 bridgehead atoms. The Morgan fingerprint density at radius 1 is 1.40 bits per heavy atom. The van der Waals surface area contributed by atoms with E-state index in [-0.39, 0.29) is 5.02 Å². The van der Waals surface area contributed by atoms with Gasteiger partial charge >= 0.3 is 0 Å². The normalized spacial score (nSPS) is 20.9. The van der Waals surface area contributed by atoms with Crippen LogP contribution in [-0.4, -0.2) is 12.6 Å². The highest BCUT2D eigenvalue weighted by Crippen LogP contribution is 2.21. The number of nitrogens with one attached hydrogen (secondary N) is 1. The molecule has 1 nitrogen and oxygen atoms in total. The summed E-state index contributed by atoms with van der Waals surface area (Å²) in [5.74, 6) is -1.82. The van der Waals surface area contributed by atoms with Gasteiger partial charge in [0.2, 0.25) is 0 Å². The summed E-state index contributed by atoms with van der Waals surface area (Å²) in [6.45, 7) is 1.00. The van der Waals surface area contributed by atoms with E-state index in [0.29, 0.717) is 12.5 Å². The van der Waals surface area contributed by atoms with Gasteiger partial charge in [-0.25, -0.2) is 8.78 Å². The first-order valence-electron chi connectivity index (χ1n) is 5.03. The van der Waals surface area contributed by atoms with E-state index in [9.17, 15) is 8.78 Å². The summed E-state index contributed by atoms with van der Waals surface area (Å²) in [5, 5.41) is 3.16. The SMILES string of the molecule is Fc1cc(CC2CCCN2)cc(Cl)c1F. The summed E-state index contributed by atoms with van der Waals surface area (Å²) in [4.78, 5) is 0. The van der Waals surface area contributed by atoms with Crippen molar-refractivity contribution < 1.29 is 8.78 Å². The van der Waals surface area contributed by atoms with Gasteiger partial charge in [0.25, 0.3) is 0 Å². The topological polar surface area (TPSA) is 12.0 Å². The van der Waals surface area contributed by atoms with Crippen LogP contribution in [0.4, 0.5) is 8.78 Å². The lowest BCUT2D eigenvalue weighted by Crippen LogP contribution is -2.23. The standard InChI is InChI=1S/C11H12ClF2N/c12-9-5-7(6-10(13)11(9)14)4-8-2-1-3-15-8/h5-6,8,15H,1-4H2. The van der Waals surface area contributed by atoms with Crippen LogP contribution in [-0.2, 0) is 6.42 Å². The van der Waals surface area contributed by atoms with Crippen LogP contribution in [0.3, 0.4) is 0 Å². The molecule has 1 N–H and O–H groups in total. The van der Waals surface area contributed by atoms with Gasteiger partial charge in [-0.1, -0.05) is 11.6 Å². The van der Waals surface area contributed by atoms with Gasteiger partial charge in [-0.15, -0.1) is 0 Å². The molecule has 0 aromatic heterocycles. The maximum atomic E-state index is 13.0. The Balaban J connectivity index is 2.14. The Labute approximate surface area is 92.4 Å². The highest BCUT2D eigenvalue weighted by Gasteiger charge is 2.16. The molecule has 15 heavy (non-hydrogen) atoms. The third-order valence-corrected chi connectivity index (χ3v) is 2.96. The van der Waals surface area contributed by atoms with E-state index in [1.807, 2.05) is 0 Å². The predicted octanol–water partition coefficient (Wildman–Crippen LogP) is 2.91. The third kappa shape index (κ3) is 2.47. The Hall–Kier alpha value is -0.670. The zero-order valence-corrected chi connectivity index (χ0v) is 8.95. The lowest BCUT2D eigenvalue weighted by atomic mass is 10.0. The van der Waals surface area contributed by atoms with Gasteiger partial charge in [0.1, 0.15) is 0 Å². The molecule has 4 heteroatoms. The molecule has 82 valence electrons. The van der Waals surface area contributed by atoms with Crippen LogP contribution >= 0.6 is 11.6 Å². The van der Waals surface area contributed by atoms with Crippen LogP contribution in [0.15, 0.2) is 12.1 Å². The molecule has 0 radical (unpaired) electrons. The smallest absolute Gasteiger partial charge is 0.177 e. The molecule has 2 rings (SSSR count). The quantitative estimate of drug-likeness (QED) is 0.772. The van der Waals surface area contributed by atoms with Crippen molar-refractivity contribution in [3.8, 4) is 0 Å². The lowest BCUT2D eigenvalue weighted by molar-refractivity contribution is 0.505. The van der Waals surface area contributed by atoms with Crippen molar-refractivity contribution in [2.24, 2.45) is 0 Å². The Kier molecular flexibility index (Phi) is 3.22. The average molecular weight is 232 g/mol. The molecule has 1 atom stereocenters. The first-order valence-corrected chi connectivity index (χ1v) is 5.41. The van der Waals surface area contributed by atoms with Crippen molar-refractivity contribution in [3.63, 3.8) is 0 Å². The molecule has 0 amide bonds. The molecular weight excluding hydrogens is 220 g/mol. The van der Waals surface area contributed by atoms with E-state index in [2.05, 4.69) is 5.32 Å². The van der Waals surface area contributed by atoms with Gasteiger partial charge < -0.3 is 5.32 Å². The number of benzene rings is 1. The van der Waals surface area contributed by atoms with E-state index in [0.717, 1.165) is 24.9 Å². The largest absolute Gasteiger partial charge is 0.314 e. The van der Waals surface area contributed by atoms with Gasteiger partial charge in [0.15, 0.2) is 11.6 Å². The number of halogens is 3. The van der Waals surface area contributed by atoms with Gasteiger partial charge in [0, 0.05) is 6.04 Å². The first-order chi connectivity index (χ1) is 7.16. The van der Waals surface area contributed by atoms with E-state index in [4.69, 9.17) is 11.6 Å². The second-order valence-corrected chi connectivity index (χ2v) is 4.28. The second-order valence-electron chi connectivity index (χ2n) is 3.87. The van der Waals surface area contributed by atoms with Gasteiger partial charge in [-0.2, -0.15) is 0 Å². The Morgan fingerprint density at radius 2 is 2.20 bits per heavy atom. The summed E-state index contributed by atoms with van der Waals surface area (Å²) in [5.41, 5.74) is 0.748. The van der Waals surface area contributed by atoms with Crippen LogP contribution in [0.25, 0.3) is 0 Å².